The van der Waals surface area contributed by atoms with Crippen molar-refractivity contribution in [2.75, 3.05) is 0 Å². The fourth-order valence-electron chi connectivity index (χ4n) is 10.1. The first-order valence-electron chi connectivity index (χ1n) is 19.8. The molecule has 0 radical (unpaired) electrons. The molecule has 2 heterocycles. The molecule has 0 unspecified atom stereocenters. The quantitative estimate of drug-likeness (QED) is 0.167. The predicted molar refractivity (Wildman–Crippen MR) is 238 cm³/mol. The van der Waals surface area contributed by atoms with E-state index in [0.29, 0.717) is 0 Å². The Balaban J connectivity index is 1.19. The molecule has 0 saturated heterocycles. The smallest absolute Gasteiger partial charge is 0.0720 e. The summed E-state index contributed by atoms with van der Waals surface area (Å²) in [7, 11) is 0. The summed E-state index contributed by atoms with van der Waals surface area (Å²) >= 11 is 0. The third kappa shape index (κ3) is 4.47. The minimum Gasteiger partial charge on any atom is -0.309 e. The van der Waals surface area contributed by atoms with Crippen molar-refractivity contribution in [1.82, 2.24) is 9.13 Å². The summed E-state index contributed by atoms with van der Waals surface area (Å²) < 4.78 is 4.86. The van der Waals surface area contributed by atoms with Crippen LogP contribution in [0, 0.1) is 0 Å². The maximum absolute atomic E-state index is 2.47. The van der Waals surface area contributed by atoms with Crippen LogP contribution in [0.4, 0.5) is 0 Å². The number of nitrogens with zero attached hydrogens (tertiary/aromatic N) is 2. The van der Waals surface area contributed by atoms with E-state index in [0.717, 1.165) is 5.69 Å². The Hall–Kier alpha value is -7.42. The number of fused-ring (bicyclic) bond motifs is 10. The summed E-state index contributed by atoms with van der Waals surface area (Å²) in [5.41, 5.74) is 16.8. The van der Waals surface area contributed by atoms with E-state index in [1.807, 2.05) is 0 Å². The summed E-state index contributed by atoms with van der Waals surface area (Å²) in [5, 5.41) is 5.05. The van der Waals surface area contributed by atoms with Gasteiger partial charge in [0, 0.05) is 32.9 Å². The molecule has 1 aliphatic carbocycles. The van der Waals surface area contributed by atoms with Gasteiger partial charge in [-0.15, -0.1) is 0 Å². The highest BCUT2D eigenvalue weighted by Crippen LogP contribution is 2.59. The Labute approximate surface area is 331 Å². The Morgan fingerprint density at radius 3 is 1.44 bits per heavy atom. The van der Waals surface area contributed by atoms with Crippen molar-refractivity contribution in [2.45, 2.75) is 5.41 Å². The summed E-state index contributed by atoms with van der Waals surface area (Å²) in [5.74, 6) is 0. The third-order valence-electron chi connectivity index (χ3n) is 12.4. The fourth-order valence-corrected chi connectivity index (χ4v) is 10.1. The Kier molecular flexibility index (Phi) is 6.88. The molecule has 0 fully saturated rings. The lowest BCUT2D eigenvalue weighted by molar-refractivity contribution is 0.776. The molecule has 0 atom stereocenters. The van der Waals surface area contributed by atoms with Gasteiger partial charge in [-0.2, -0.15) is 0 Å². The molecule has 266 valence electrons. The van der Waals surface area contributed by atoms with Crippen LogP contribution < -0.4 is 0 Å². The molecular formula is C55H36N2. The molecule has 1 aliphatic rings. The Morgan fingerprint density at radius 1 is 0.316 bits per heavy atom. The monoisotopic (exact) mass is 724 g/mol. The van der Waals surface area contributed by atoms with Crippen LogP contribution in [0.1, 0.15) is 22.3 Å². The second kappa shape index (κ2) is 12.3. The third-order valence-corrected chi connectivity index (χ3v) is 12.4. The number of aromatic nitrogens is 2. The van der Waals surface area contributed by atoms with Crippen molar-refractivity contribution in [1.29, 1.82) is 0 Å². The first-order valence-corrected chi connectivity index (χ1v) is 19.8. The van der Waals surface area contributed by atoms with Gasteiger partial charge in [0.25, 0.3) is 0 Å². The summed E-state index contributed by atoms with van der Waals surface area (Å²) in [6, 6.07) is 80.5. The normalized spacial score (nSPS) is 13.1. The largest absolute Gasteiger partial charge is 0.309 e. The first kappa shape index (κ1) is 31.9. The molecule has 9 aromatic carbocycles. The molecule has 2 nitrogen and oxygen atoms in total. The topological polar surface area (TPSA) is 9.86 Å². The van der Waals surface area contributed by atoms with Gasteiger partial charge >= 0.3 is 0 Å². The molecular weight excluding hydrogens is 689 g/mol. The summed E-state index contributed by atoms with van der Waals surface area (Å²) in [6.07, 6.45) is 0. The average molecular weight is 725 g/mol. The van der Waals surface area contributed by atoms with Crippen LogP contribution in [0.3, 0.4) is 0 Å². The Morgan fingerprint density at radius 2 is 0.789 bits per heavy atom. The van der Waals surface area contributed by atoms with E-state index in [9.17, 15) is 0 Å². The van der Waals surface area contributed by atoms with Crippen molar-refractivity contribution in [3.63, 3.8) is 0 Å². The van der Waals surface area contributed by atoms with Gasteiger partial charge in [0.05, 0.1) is 27.5 Å². The molecule has 0 saturated carbocycles. The van der Waals surface area contributed by atoms with Crippen molar-refractivity contribution in [3.8, 4) is 33.6 Å². The predicted octanol–water partition coefficient (Wildman–Crippen LogP) is 13.9. The van der Waals surface area contributed by atoms with E-state index in [1.54, 1.807) is 0 Å². The molecule has 2 aromatic heterocycles. The van der Waals surface area contributed by atoms with E-state index >= 15 is 0 Å². The lowest BCUT2D eigenvalue weighted by atomic mass is 9.67. The number of para-hydroxylation sites is 3. The molecule has 0 N–H and O–H groups in total. The summed E-state index contributed by atoms with van der Waals surface area (Å²) in [4.78, 5) is 0. The summed E-state index contributed by atoms with van der Waals surface area (Å²) in [6.45, 7) is 0. The fraction of sp³-hybridized carbons (Fsp3) is 0.0182. The standard InChI is InChI=1S/C55H36N2/c1-5-17-39(18-6-1)55(40-19-7-2-8-20-40)48-27-15-13-25-43(48)45-31-34-52-53(54(45)55)47-36-38(30-33-51(47)57(52)42-23-11-4-12-24-42)37-29-32-50-46(35-37)44-26-14-16-28-49(44)56(50)41-21-9-3-10-22-41/h1-36H. The molecule has 0 amide bonds. The van der Waals surface area contributed by atoms with Gasteiger partial charge < -0.3 is 9.13 Å². The highest BCUT2D eigenvalue weighted by molar-refractivity contribution is 6.17. The Bertz CT molecular complexity index is 3280. The van der Waals surface area contributed by atoms with E-state index in [-0.39, 0.29) is 0 Å². The minimum atomic E-state index is -0.530. The SMILES string of the molecule is c1ccc(-n2c3ccccc3c3cc(-c4ccc5c(c4)c4c6c(ccc4n5-c4ccccc4)-c4ccccc4C6(c4ccccc4)c4ccccc4)ccc32)cc1. The van der Waals surface area contributed by atoms with Crippen LogP contribution in [-0.4, -0.2) is 9.13 Å². The van der Waals surface area contributed by atoms with Gasteiger partial charge in [-0.25, -0.2) is 0 Å². The molecule has 0 spiro atoms. The van der Waals surface area contributed by atoms with Gasteiger partial charge in [-0.3, -0.25) is 0 Å². The van der Waals surface area contributed by atoms with Crippen LogP contribution in [-0.2, 0) is 5.41 Å². The van der Waals surface area contributed by atoms with Crippen LogP contribution in [0.5, 0.6) is 0 Å². The van der Waals surface area contributed by atoms with Crippen LogP contribution in [0.15, 0.2) is 218 Å². The molecule has 0 bridgehead atoms. The van der Waals surface area contributed by atoms with Gasteiger partial charge in [-0.1, -0.05) is 158 Å². The maximum Gasteiger partial charge on any atom is 0.0720 e. The van der Waals surface area contributed by atoms with Crippen molar-refractivity contribution in [3.05, 3.63) is 241 Å². The minimum absolute atomic E-state index is 0.530. The van der Waals surface area contributed by atoms with E-state index in [2.05, 4.69) is 228 Å². The zero-order valence-corrected chi connectivity index (χ0v) is 31.2. The van der Waals surface area contributed by atoms with Crippen molar-refractivity contribution >= 4 is 43.6 Å². The number of benzene rings is 9. The second-order valence-corrected chi connectivity index (χ2v) is 15.2. The molecule has 2 heteroatoms. The lowest BCUT2D eigenvalue weighted by Gasteiger charge is -2.34. The molecule has 12 rings (SSSR count). The van der Waals surface area contributed by atoms with E-state index in [1.165, 1.54) is 93.8 Å². The van der Waals surface area contributed by atoms with Crippen molar-refractivity contribution < 1.29 is 0 Å². The zero-order chi connectivity index (χ0) is 37.5. The van der Waals surface area contributed by atoms with Gasteiger partial charge in [0.15, 0.2) is 0 Å². The van der Waals surface area contributed by atoms with Crippen LogP contribution >= 0.6 is 0 Å². The number of hydrogen-bond acceptors (Lipinski definition) is 0. The highest BCUT2D eigenvalue weighted by atomic mass is 15.0. The van der Waals surface area contributed by atoms with Gasteiger partial charge in [-0.05, 0) is 105 Å². The number of rotatable bonds is 5. The van der Waals surface area contributed by atoms with E-state index in [4.69, 9.17) is 0 Å². The van der Waals surface area contributed by atoms with Crippen molar-refractivity contribution in [2.24, 2.45) is 0 Å². The van der Waals surface area contributed by atoms with Gasteiger partial charge in [0.2, 0.25) is 0 Å². The lowest BCUT2D eigenvalue weighted by Crippen LogP contribution is -2.28. The van der Waals surface area contributed by atoms with Gasteiger partial charge in [0.1, 0.15) is 0 Å². The zero-order valence-electron chi connectivity index (χ0n) is 31.2. The van der Waals surface area contributed by atoms with Crippen LogP contribution in [0.25, 0.3) is 77.2 Å². The molecule has 0 aliphatic heterocycles. The second-order valence-electron chi connectivity index (χ2n) is 15.2. The van der Waals surface area contributed by atoms with E-state index < -0.39 is 5.41 Å². The maximum atomic E-state index is 2.47. The highest BCUT2D eigenvalue weighted by Gasteiger charge is 2.47. The van der Waals surface area contributed by atoms with Crippen LogP contribution in [0.2, 0.25) is 0 Å². The first-order chi connectivity index (χ1) is 28.3. The molecule has 57 heavy (non-hydrogen) atoms. The average Bonchev–Trinajstić information content (AvgIpc) is 3.91. The molecule has 11 aromatic rings. The number of hydrogen-bond donors (Lipinski definition) is 0.